The van der Waals surface area contributed by atoms with Crippen molar-refractivity contribution in [1.82, 2.24) is 4.98 Å². The van der Waals surface area contributed by atoms with Gasteiger partial charge >= 0.3 is 5.97 Å². The van der Waals surface area contributed by atoms with E-state index < -0.39 is 19.3 Å². The third-order valence-corrected chi connectivity index (χ3v) is 4.49. The Morgan fingerprint density at radius 2 is 1.83 bits per heavy atom. The molecule has 0 aliphatic rings. The molecular weight excluding hydrogens is 380 g/mol. The monoisotopic (exact) mass is 406 g/mol. The molecule has 0 atom stereocenters. The molecule has 158 valence electrons. The number of aliphatic hydroxyl groups excluding tert-OH is 4. The molecule has 0 amide bonds. The van der Waals surface area contributed by atoms with E-state index in [1.807, 2.05) is 0 Å². The van der Waals surface area contributed by atoms with Crippen LogP contribution < -0.4 is 0 Å². The van der Waals surface area contributed by atoms with E-state index >= 15 is 0 Å². The molecule has 0 fully saturated rings. The lowest BCUT2D eigenvalue weighted by molar-refractivity contribution is 0.0515. The first kappa shape index (κ1) is 22.7. The second-order valence-corrected chi connectivity index (χ2v) is 6.08. The highest BCUT2D eigenvalue weighted by Crippen LogP contribution is 2.36. The number of ether oxygens (including phenoxy) is 2. The highest BCUT2D eigenvalue weighted by Gasteiger charge is 2.26. The van der Waals surface area contributed by atoms with Crippen molar-refractivity contribution in [2.45, 2.75) is 33.4 Å². The van der Waals surface area contributed by atoms with Gasteiger partial charge in [0.15, 0.2) is 0 Å². The number of esters is 1. The molecule has 1 aromatic heterocycles. The molecule has 0 saturated carbocycles. The van der Waals surface area contributed by atoms with Gasteiger partial charge in [-0.25, -0.2) is 4.79 Å². The van der Waals surface area contributed by atoms with Crippen LogP contribution in [0.3, 0.4) is 0 Å². The van der Waals surface area contributed by atoms with Gasteiger partial charge in [0.25, 0.3) is 0 Å². The summed E-state index contributed by atoms with van der Waals surface area (Å²) < 4.78 is 10.4. The maximum absolute atomic E-state index is 12.5. The van der Waals surface area contributed by atoms with Crippen LogP contribution in [0.2, 0.25) is 0 Å². The molecule has 9 heteroatoms. The molecule has 0 unspecified atom stereocenters. The van der Waals surface area contributed by atoms with E-state index in [0.29, 0.717) is 39.1 Å². The molecule has 0 spiro atoms. The Morgan fingerprint density at radius 1 is 1.10 bits per heavy atom. The maximum atomic E-state index is 12.5. The van der Waals surface area contributed by atoms with Gasteiger partial charge in [0, 0.05) is 24.5 Å². The minimum Gasteiger partial charge on any atom is -0.461 e. The summed E-state index contributed by atoms with van der Waals surface area (Å²) in [6.45, 7) is 0.405. The Morgan fingerprint density at radius 3 is 2.38 bits per heavy atom. The number of hydrogen-bond acceptors (Lipinski definition) is 8. The highest BCUT2D eigenvalue weighted by atomic mass is 16.5. The largest absolute Gasteiger partial charge is 0.461 e. The van der Waals surface area contributed by atoms with Crippen molar-refractivity contribution < 1.29 is 34.7 Å². The normalized spacial score (nSPS) is 11.4. The molecule has 0 bridgehead atoms. The summed E-state index contributed by atoms with van der Waals surface area (Å²) in [4.78, 5) is 19.3. The fourth-order valence-corrected chi connectivity index (χ4v) is 3.26. The number of aromatic amines is 1. The Hall–Kier alpha value is -2.56. The Balaban J connectivity index is 2.85. The van der Waals surface area contributed by atoms with Gasteiger partial charge in [-0.1, -0.05) is 12.1 Å². The SMILES string of the molecule is CCOC(=O)c1[nH]c(C=NCO)c(-c2ccc(CO)c(CO)c2CO)c1COC. The fraction of sp³-hybridized carbons (Fsp3) is 0.400. The van der Waals surface area contributed by atoms with Crippen LogP contribution in [0.1, 0.15) is 45.4 Å². The Bertz CT molecular complexity index is 874. The highest BCUT2D eigenvalue weighted by molar-refractivity contribution is 5.99. The third kappa shape index (κ3) is 4.72. The van der Waals surface area contributed by atoms with Crippen molar-refractivity contribution in [3.05, 3.63) is 45.8 Å². The first-order valence-electron chi connectivity index (χ1n) is 9.05. The van der Waals surface area contributed by atoms with Crippen molar-refractivity contribution in [3.8, 4) is 11.1 Å². The minimum absolute atomic E-state index is 0.0635. The van der Waals surface area contributed by atoms with Crippen molar-refractivity contribution in [2.24, 2.45) is 4.99 Å². The zero-order chi connectivity index (χ0) is 21.4. The Labute approximate surface area is 168 Å². The molecule has 0 aliphatic heterocycles. The van der Waals surface area contributed by atoms with E-state index in [1.54, 1.807) is 19.1 Å². The molecule has 29 heavy (non-hydrogen) atoms. The number of carbonyl (C=O) groups is 1. The number of rotatable bonds is 10. The molecule has 1 aromatic carbocycles. The van der Waals surface area contributed by atoms with Crippen LogP contribution in [0.25, 0.3) is 11.1 Å². The lowest BCUT2D eigenvalue weighted by atomic mass is 9.90. The number of aliphatic imine (C=N–C) groups is 1. The van der Waals surface area contributed by atoms with Crippen molar-refractivity contribution in [1.29, 1.82) is 0 Å². The predicted octanol–water partition coefficient (Wildman–Crippen LogP) is 0.850. The third-order valence-electron chi connectivity index (χ3n) is 4.49. The van der Waals surface area contributed by atoms with E-state index in [4.69, 9.17) is 14.6 Å². The van der Waals surface area contributed by atoms with Crippen molar-refractivity contribution in [2.75, 3.05) is 20.4 Å². The van der Waals surface area contributed by atoms with Gasteiger partial charge in [0.05, 0.1) is 38.7 Å². The topological polar surface area (TPSA) is 145 Å². The van der Waals surface area contributed by atoms with Gasteiger partial charge in [-0.2, -0.15) is 0 Å². The Kier molecular flexibility index (Phi) is 8.50. The van der Waals surface area contributed by atoms with E-state index in [1.165, 1.54) is 13.3 Å². The smallest absolute Gasteiger partial charge is 0.355 e. The second kappa shape index (κ2) is 10.8. The lowest BCUT2D eigenvalue weighted by Crippen LogP contribution is -2.09. The number of benzene rings is 1. The average Bonchev–Trinajstić information content (AvgIpc) is 3.09. The number of nitrogens with zero attached hydrogens (tertiary/aromatic N) is 1. The molecule has 0 aliphatic carbocycles. The molecule has 5 N–H and O–H groups in total. The van der Waals surface area contributed by atoms with E-state index in [2.05, 4.69) is 9.98 Å². The van der Waals surface area contributed by atoms with Gasteiger partial charge < -0.3 is 34.9 Å². The number of carbonyl (C=O) groups excluding carboxylic acids is 1. The van der Waals surface area contributed by atoms with Gasteiger partial charge in [-0.15, -0.1) is 0 Å². The molecule has 0 saturated heterocycles. The summed E-state index contributed by atoms with van der Waals surface area (Å²) in [7, 11) is 1.48. The number of H-pyrrole nitrogens is 1. The molecule has 2 rings (SSSR count). The number of nitrogens with one attached hydrogen (secondary N) is 1. The maximum Gasteiger partial charge on any atom is 0.355 e. The summed E-state index contributed by atoms with van der Waals surface area (Å²) in [5.74, 6) is -0.579. The number of methoxy groups -OCH3 is 1. The van der Waals surface area contributed by atoms with Gasteiger partial charge in [-0.3, -0.25) is 4.99 Å². The minimum atomic E-state index is -0.579. The van der Waals surface area contributed by atoms with Crippen LogP contribution >= 0.6 is 0 Å². The zero-order valence-electron chi connectivity index (χ0n) is 16.4. The van der Waals surface area contributed by atoms with E-state index in [9.17, 15) is 20.1 Å². The van der Waals surface area contributed by atoms with Crippen LogP contribution in [-0.2, 0) is 35.9 Å². The zero-order valence-corrected chi connectivity index (χ0v) is 16.4. The lowest BCUT2D eigenvalue weighted by Gasteiger charge is -2.17. The summed E-state index contributed by atoms with van der Waals surface area (Å²) >= 11 is 0. The van der Waals surface area contributed by atoms with Crippen LogP contribution in [0.15, 0.2) is 17.1 Å². The molecule has 2 aromatic rings. The van der Waals surface area contributed by atoms with Crippen LogP contribution in [0.4, 0.5) is 0 Å². The van der Waals surface area contributed by atoms with Crippen molar-refractivity contribution >= 4 is 12.2 Å². The molecule has 1 heterocycles. The summed E-state index contributed by atoms with van der Waals surface area (Å²) in [5.41, 5.74) is 3.42. The van der Waals surface area contributed by atoms with Crippen molar-refractivity contribution in [3.63, 3.8) is 0 Å². The van der Waals surface area contributed by atoms with Crippen LogP contribution in [0, 0.1) is 0 Å². The van der Waals surface area contributed by atoms with Crippen LogP contribution in [0.5, 0.6) is 0 Å². The average molecular weight is 406 g/mol. The number of aromatic nitrogens is 1. The summed E-state index contributed by atoms with van der Waals surface area (Å²) in [6.07, 6.45) is 1.37. The standard InChI is InChI=1S/C20H26N2O7/c1-3-29-20(27)19-16(10-28-2)18(17(22-19)6-21-11-26)13-5-4-12(7-23)14(8-24)15(13)9-25/h4-6,22-26H,3,7-11H2,1-2H3. The van der Waals surface area contributed by atoms with Gasteiger partial charge in [0.1, 0.15) is 12.4 Å². The molecule has 0 radical (unpaired) electrons. The van der Waals surface area contributed by atoms with Gasteiger partial charge in [0.2, 0.25) is 0 Å². The summed E-state index contributed by atoms with van der Waals surface area (Å²) in [6, 6.07) is 3.32. The number of aliphatic hydroxyl groups is 4. The quantitative estimate of drug-likeness (QED) is 0.290. The number of hydrogen-bond donors (Lipinski definition) is 5. The van der Waals surface area contributed by atoms with Crippen LogP contribution in [-0.4, -0.2) is 58.0 Å². The molecule has 9 nitrogen and oxygen atoms in total. The van der Waals surface area contributed by atoms with E-state index in [0.717, 1.165) is 0 Å². The first-order chi connectivity index (χ1) is 14.1. The second-order valence-electron chi connectivity index (χ2n) is 6.08. The van der Waals surface area contributed by atoms with Gasteiger partial charge in [-0.05, 0) is 29.2 Å². The fourth-order valence-electron chi connectivity index (χ4n) is 3.26. The molecular formula is C20H26N2O7. The summed E-state index contributed by atoms with van der Waals surface area (Å²) in [5, 5.41) is 38.4. The van der Waals surface area contributed by atoms with E-state index in [-0.39, 0.29) is 32.1 Å². The predicted molar refractivity (Wildman–Crippen MR) is 105 cm³/mol. The first-order valence-corrected chi connectivity index (χ1v) is 9.05.